The van der Waals surface area contributed by atoms with Crippen molar-refractivity contribution in [3.63, 3.8) is 0 Å². The van der Waals surface area contributed by atoms with E-state index in [0.29, 0.717) is 0 Å². The van der Waals surface area contributed by atoms with E-state index in [1.165, 1.54) is 5.56 Å². The third kappa shape index (κ3) is 2.85. The molecule has 1 atom stereocenters. The van der Waals surface area contributed by atoms with Gasteiger partial charge in [0.05, 0.1) is 0 Å². The number of hydrogen-bond donors (Lipinski definition) is 1. The number of benzene rings is 2. The predicted molar refractivity (Wildman–Crippen MR) is 81.8 cm³/mol. The summed E-state index contributed by atoms with van der Waals surface area (Å²) in [6.07, 6.45) is -0.588. The maximum Gasteiger partial charge on any atom is 0.104 e. The fourth-order valence-electron chi connectivity index (χ4n) is 1.99. The van der Waals surface area contributed by atoms with Crippen LogP contribution in [0.5, 0.6) is 0 Å². The second kappa shape index (κ2) is 5.55. The van der Waals surface area contributed by atoms with Gasteiger partial charge in [-0.2, -0.15) is 0 Å². The van der Waals surface area contributed by atoms with Crippen LogP contribution in [-0.2, 0) is 0 Å². The highest BCUT2D eigenvalue weighted by atomic mass is 79.9. The van der Waals surface area contributed by atoms with E-state index in [-0.39, 0.29) is 0 Å². The molecule has 0 heterocycles. The van der Waals surface area contributed by atoms with Crippen LogP contribution in [0.2, 0.25) is 0 Å². The van der Waals surface area contributed by atoms with Gasteiger partial charge in [0.15, 0.2) is 0 Å². The summed E-state index contributed by atoms with van der Waals surface area (Å²) < 4.78 is 1.93. The molecule has 0 aromatic heterocycles. The molecule has 18 heavy (non-hydrogen) atoms. The van der Waals surface area contributed by atoms with E-state index < -0.39 is 6.10 Å². The molecule has 2 rings (SSSR count). The highest BCUT2D eigenvalue weighted by Gasteiger charge is 2.13. The SMILES string of the molecule is Cc1ccc(C(O)c2ccc(Br)c(Br)c2)c(C)c1. The van der Waals surface area contributed by atoms with E-state index in [0.717, 1.165) is 25.6 Å². The molecule has 2 aromatic rings. The van der Waals surface area contributed by atoms with Crippen molar-refractivity contribution in [1.82, 2.24) is 0 Å². The largest absolute Gasteiger partial charge is 0.384 e. The third-order valence-corrected chi connectivity index (χ3v) is 4.86. The Morgan fingerprint density at radius 2 is 1.67 bits per heavy atom. The summed E-state index contributed by atoms with van der Waals surface area (Å²) in [5.41, 5.74) is 4.16. The molecule has 0 saturated heterocycles. The quantitative estimate of drug-likeness (QED) is 0.797. The molecule has 0 fully saturated rings. The van der Waals surface area contributed by atoms with Crippen LogP contribution in [0, 0.1) is 13.8 Å². The summed E-state index contributed by atoms with van der Waals surface area (Å²) in [6, 6.07) is 11.9. The Balaban J connectivity index is 2.41. The molecule has 2 aromatic carbocycles. The molecule has 0 spiro atoms. The van der Waals surface area contributed by atoms with Crippen LogP contribution in [0.25, 0.3) is 0 Å². The van der Waals surface area contributed by atoms with Crippen LogP contribution < -0.4 is 0 Å². The van der Waals surface area contributed by atoms with Gasteiger partial charge in [0.2, 0.25) is 0 Å². The molecular formula is C15H14Br2O. The van der Waals surface area contributed by atoms with Gasteiger partial charge in [0.1, 0.15) is 6.10 Å². The predicted octanol–water partition coefficient (Wildman–Crippen LogP) is 4.91. The van der Waals surface area contributed by atoms with Gasteiger partial charge in [-0.3, -0.25) is 0 Å². The number of aryl methyl sites for hydroxylation is 2. The lowest BCUT2D eigenvalue weighted by atomic mass is 9.96. The van der Waals surface area contributed by atoms with Crippen molar-refractivity contribution in [2.75, 3.05) is 0 Å². The van der Waals surface area contributed by atoms with Crippen molar-refractivity contribution in [3.8, 4) is 0 Å². The van der Waals surface area contributed by atoms with E-state index in [9.17, 15) is 5.11 Å². The number of hydrogen-bond acceptors (Lipinski definition) is 1. The lowest BCUT2D eigenvalue weighted by Gasteiger charge is -2.15. The van der Waals surface area contributed by atoms with Crippen LogP contribution in [-0.4, -0.2) is 5.11 Å². The fraction of sp³-hybridized carbons (Fsp3) is 0.200. The molecule has 3 heteroatoms. The fourth-order valence-corrected chi connectivity index (χ4v) is 2.64. The molecule has 0 aliphatic rings. The average molecular weight is 370 g/mol. The lowest BCUT2D eigenvalue weighted by Crippen LogP contribution is -2.02. The molecule has 1 nitrogen and oxygen atoms in total. The topological polar surface area (TPSA) is 20.2 Å². The van der Waals surface area contributed by atoms with Crippen molar-refractivity contribution in [3.05, 3.63) is 67.6 Å². The standard InChI is InChI=1S/C15H14Br2O/c1-9-3-5-12(10(2)7-9)15(18)11-4-6-13(16)14(17)8-11/h3-8,15,18H,1-2H3. The monoisotopic (exact) mass is 368 g/mol. The van der Waals surface area contributed by atoms with Crippen LogP contribution in [0.1, 0.15) is 28.4 Å². The minimum Gasteiger partial charge on any atom is -0.384 e. The molecule has 0 saturated carbocycles. The number of aliphatic hydroxyl groups excluding tert-OH is 1. The molecule has 0 amide bonds. The molecule has 1 unspecified atom stereocenters. The molecule has 0 bridgehead atoms. The zero-order chi connectivity index (χ0) is 13.3. The Kier molecular flexibility index (Phi) is 4.25. The highest BCUT2D eigenvalue weighted by molar-refractivity contribution is 9.13. The molecule has 0 aliphatic heterocycles. The Morgan fingerprint density at radius 3 is 2.28 bits per heavy atom. The van der Waals surface area contributed by atoms with Gasteiger partial charge < -0.3 is 5.11 Å². The summed E-state index contributed by atoms with van der Waals surface area (Å²) in [5.74, 6) is 0. The van der Waals surface area contributed by atoms with Crippen molar-refractivity contribution in [1.29, 1.82) is 0 Å². The first-order chi connectivity index (χ1) is 8.49. The Morgan fingerprint density at radius 1 is 0.944 bits per heavy atom. The highest BCUT2D eigenvalue weighted by Crippen LogP contribution is 2.30. The summed E-state index contributed by atoms with van der Waals surface area (Å²) in [4.78, 5) is 0. The first-order valence-corrected chi connectivity index (χ1v) is 7.28. The maximum absolute atomic E-state index is 10.4. The van der Waals surface area contributed by atoms with Gasteiger partial charge >= 0.3 is 0 Å². The second-order valence-corrected chi connectivity index (χ2v) is 6.14. The Hall–Kier alpha value is -0.640. The minimum atomic E-state index is -0.588. The van der Waals surface area contributed by atoms with Crippen molar-refractivity contribution in [2.24, 2.45) is 0 Å². The normalized spacial score (nSPS) is 12.5. The van der Waals surface area contributed by atoms with E-state index in [4.69, 9.17) is 0 Å². The third-order valence-electron chi connectivity index (χ3n) is 2.98. The molecule has 0 aliphatic carbocycles. The van der Waals surface area contributed by atoms with E-state index in [1.54, 1.807) is 0 Å². The Labute approximate surface area is 124 Å². The van der Waals surface area contributed by atoms with E-state index in [2.05, 4.69) is 44.8 Å². The zero-order valence-corrected chi connectivity index (χ0v) is 13.4. The first-order valence-electron chi connectivity index (χ1n) is 5.69. The first kappa shape index (κ1) is 13.8. The van der Waals surface area contributed by atoms with Crippen molar-refractivity contribution < 1.29 is 5.11 Å². The minimum absolute atomic E-state index is 0.588. The lowest BCUT2D eigenvalue weighted by molar-refractivity contribution is 0.219. The van der Waals surface area contributed by atoms with Gasteiger partial charge in [-0.25, -0.2) is 0 Å². The van der Waals surface area contributed by atoms with Gasteiger partial charge in [0, 0.05) is 8.95 Å². The summed E-state index contributed by atoms with van der Waals surface area (Å²) >= 11 is 6.89. The summed E-state index contributed by atoms with van der Waals surface area (Å²) in [7, 11) is 0. The van der Waals surface area contributed by atoms with Gasteiger partial charge in [-0.15, -0.1) is 0 Å². The summed E-state index contributed by atoms with van der Waals surface area (Å²) in [6.45, 7) is 4.08. The molecule has 94 valence electrons. The second-order valence-electron chi connectivity index (χ2n) is 4.44. The molecular weight excluding hydrogens is 356 g/mol. The number of rotatable bonds is 2. The summed E-state index contributed by atoms with van der Waals surface area (Å²) in [5, 5.41) is 10.4. The van der Waals surface area contributed by atoms with E-state index in [1.807, 2.05) is 37.3 Å². The van der Waals surface area contributed by atoms with Crippen LogP contribution >= 0.6 is 31.9 Å². The van der Waals surface area contributed by atoms with Crippen LogP contribution in [0.4, 0.5) is 0 Å². The van der Waals surface area contributed by atoms with Gasteiger partial charge in [-0.05, 0) is 74.5 Å². The van der Waals surface area contributed by atoms with Gasteiger partial charge in [0.25, 0.3) is 0 Å². The zero-order valence-electron chi connectivity index (χ0n) is 10.2. The average Bonchev–Trinajstić information content (AvgIpc) is 2.32. The Bertz CT molecular complexity index is 579. The molecule has 1 N–H and O–H groups in total. The van der Waals surface area contributed by atoms with Crippen LogP contribution in [0.3, 0.4) is 0 Å². The van der Waals surface area contributed by atoms with Crippen molar-refractivity contribution >= 4 is 31.9 Å². The maximum atomic E-state index is 10.4. The number of halogens is 2. The van der Waals surface area contributed by atoms with E-state index >= 15 is 0 Å². The molecule has 0 radical (unpaired) electrons. The smallest absolute Gasteiger partial charge is 0.104 e. The number of aliphatic hydroxyl groups is 1. The van der Waals surface area contributed by atoms with Crippen LogP contribution in [0.15, 0.2) is 45.3 Å². The van der Waals surface area contributed by atoms with Gasteiger partial charge in [-0.1, -0.05) is 29.8 Å². The van der Waals surface area contributed by atoms with Crippen molar-refractivity contribution in [2.45, 2.75) is 20.0 Å².